The third-order valence-electron chi connectivity index (χ3n) is 5.07. The van der Waals surface area contributed by atoms with Crippen molar-refractivity contribution >= 4 is 17.5 Å². The second kappa shape index (κ2) is 10.2. The minimum absolute atomic E-state index is 0.0789. The molecule has 0 bridgehead atoms. The van der Waals surface area contributed by atoms with Crippen LogP contribution in [0.4, 0.5) is 5.69 Å². The largest absolute Gasteiger partial charge is 0.347 e. The summed E-state index contributed by atoms with van der Waals surface area (Å²) < 4.78 is 1.63. The molecule has 3 aromatic carbocycles. The van der Waals surface area contributed by atoms with Crippen molar-refractivity contribution in [2.24, 2.45) is 0 Å². The highest BCUT2D eigenvalue weighted by atomic mass is 16.2. The van der Waals surface area contributed by atoms with Gasteiger partial charge in [0.15, 0.2) is 0 Å². The standard InChI is InChI=1S/C25H23N5O2/c31-24(15-23(19-7-3-1-4-8-19)20-9-5-2-6-10-20)27-16-25(32)29-21-11-13-22(14-12-21)30-18-26-17-28-30/h1-14,17-18,23H,15-16H2,(H,27,31)(H,29,32). The van der Waals surface area contributed by atoms with Gasteiger partial charge in [-0.25, -0.2) is 9.67 Å². The molecule has 0 atom stereocenters. The molecule has 4 rings (SSSR count). The van der Waals surface area contributed by atoms with Crippen molar-refractivity contribution < 1.29 is 9.59 Å². The van der Waals surface area contributed by atoms with Gasteiger partial charge in [0.05, 0.1) is 12.2 Å². The first-order valence-electron chi connectivity index (χ1n) is 10.3. The average molecular weight is 425 g/mol. The Hall–Kier alpha value is -4.26. The highest BCUT2D eigenvalue weighted by molar-refractivity contribution is 5.94. The fourth-order valence-electron chi connectivity index (χ4n) is 3.48. The van der Waals surface area contributed by atoms with E-state index in [1.165, 1.54) is 6.33 Å². The number of benzene rings is 3. The smallest absolute Gasteiger partial charge is 0.243 e. The van der Waals surface area contributed by atoms with Gasteiger partial charge >= 0.3 is 0 Å². The third kappa shape index (κ3) is 5.46. The van der Waals surface area contributed by atoms with Crippen LogP contribution in [-0.4, -0.2) is 33.1 Å². The van der Waals surface area contributed by atoms with E-state index < -0.39 is 0 Å². The van der Waals surface area contributed by atoms with Crippen molar-refractivity contribution in [3.05, 3.63) is 109 Å². The molecule has 1 heterocycles. The van der Waals surface area contributed by atoms with Crippen molar-refractivity contribution in [1.82, 2.24) is 20.1 Å². The summed E-state index contributed by atoms with van der Waals surface area (Å²) in [5, 5.41) is 9.58. The lowest BCUT2D eigenvalue weighted by Gasteiger charge is -2.18. The van der Waals surface area contributed by atoms with Crippen LogP contribution >= 0.6 is 0 Å². The number of rotatable bonds is 8. The quantitative estimate of drug-likeness (QED) is 0.452. The number of carbonyl (C=O) groups excluding carboxylic acids is 2. The maximum Gasteiger partial charge on any atom is 0.243 e. The molecule has 0 unspecified atom stereocenters. The van der Waals surface area contributed by atoms with Crippen molar-refractivity contribution in [2.45, 2.75) is 12.3 Å². The van der Waals surface area contributed by atoms with E-state index in [0.717, 1.165) is 16.8 Å². The van der Waals surface area contributed by atoms with Gasteiger partial charge in [-0.3, -0.25) is 9.59 Å². The van der Waals surface area contributed by atoms with Crippen molar-refractivity contribution in [3.63, 3.8) is 0 Å². The molecule has 32 heavy (non-hydrogen) atoms. The molecule has 7 heteroatoms. The molecule has 160 valence electrons. The van der Waals surface area contributed by atoms with E-state index in [-0.39, 0.29) is 30.7 Å². The Morgan fingerprint density at radius 3 is 2.00 bits per heavy atom. The number of carbonyl (C=O) groups is 2. The van der Waals surface area contributed by atoms with Gasteiger partial charge in [0.1, 0.15) is 12.7 Å². The second-order valence-electron chi connectivity index (χ2n) is 7.29. The number of nitrogens with one attached hydrogen (secondary N) is 2. The van der Waals surface area contributed by atoms with Crippen molar-refractivity contribution in [1.29, 1.82) is 0 Å². The first kappa shape index (κ1) is 21.0. The molecule has 0 radical (unpaired) electrons. The molecule has 0 saturated heterocycles. The van der Waals surface area contributed by atoms with E-state index in [9.17, 15) is 9.59 Å². The first-order chi connectivity index (χ1) is 15.7. The van der Waals surface area contributed by atoms with Crippen LogP contribution < -0.4 is 10.6 Å². The molecule has 2 amide bonds. The SMILES string of the molecule is O=C(CC(c1ccccc1)c1ccccc1)NCC(=O)Nc1ccc(-n2cncn2)cc1. The number of anilines is 1. The summed E-state index contributed by atoms with van der Waals surface area (Å²) in [7, 11) is 0. The monoisotopic (exact) mass is 425 g/mol. The van der Waals surface area contributed by atoms with E-state index >= 15 is 0 Å². The maximum absolute atomic E-state index is 12.6. The molecule has 0 saturated carbocycles. The number of amides is 2. The summed E-state index contributed by atoms with van der Waals surface area (Å²) in [6, 6.07) is 27.0. The molecule has 0 spiro atoms. The number of aromatic nitrogens is 3. The Morgan fingerprint density at radius 2 is 1.44 bits per heavy atom. The fourth-order valence-corrected chi connectivity index (χ4v) is 3.48. The second-order valence-corrected chi connectivity index (χ2v) is 7.29. The van der Waals surface area contributed by atoms with Gasteiger partial charge in [-0.2, -0.15) is 5.10 Å². The van der Waals surface area contributed by atoms with Gasteiger partial charge in [0, 0.05) is 18.0 Å². The summed E-state index contributed by atoms with van der Waals surface area (Å²) in [6.45, 7) is -0.0973. The minimum Gasteiger partial charge on any atom is -0.347 e. The van der Waals surface area contributed by atoms with Crippen LogP contribution in [0.1, 0.15) is 23.5 Å². The highest BCUT2D eigenvalue weighted by Gasteiger charge is 2.18. The van der Waals surface area contributed by atoms with E-state index in [4.69, 9.17) is 0 Å². The molecular weight excluding hydrogens is 402 g/mol. The zero-order valence-electron chi connectivity index (χ0n) is 17.4. The summed E-state index contributed by atoms with van der Waals surface area (Å²) in [4.78, 5) is 28.8. The van der Waals surface area contributed by atoms with Gasteiger partial charge < -0.3 is 10.6 Å². The number of hydrogen-bond donors (Lipinski definition) is 2. The minimum atomic E-state index is -0.289. The molecule has 2 N–H and O–H groups in total. The lowest BCUT2D eigenvalue weighted by molar-refractivity contribution is -0.124. The summed E-state index contributed by atoms with van der Waals surface area (Å²) in [5.41, 5.74) is 3.60. The van der Waals surface area contributed by atoms with E-state index in [0.29, 0.717) is 5.69 Å². The van der Waals surface area contributed by atoms with Crippen molar-refractivity contribution in [3.8, 4) is 5.69 Å². The number of hydrogen-bond acceptors (Lipinski definition) is 4. The Labute approximate surface area is 186 Å². The van der Waals surface area contributed by atoms with Crippen LogP contribution in [0.15, 0.2) is 97.6 Å². The molecule has 0 aliphatic carbocycles. The Morgan fingerprint density at radius 1 is 0.812 bits per heavy atom. The van der Waals surface area contributed by atoms with Gasteiger partial charge in [0.2, 0.25) is 11.8 Å². The normalized spacial score (nSPS) is 10.7. The Bertz CT molecular complexity index is 1100. The Kier molecular flexibility index (Phi) is 6.67. The first-order valence-corrected chi connectivity index (χ1v) is 10.3. The van der Waals surface area contributed by atoms with Crippen molar-refractivity contribution in [2.75, 3.05) is 11.9 Å². The zero-order chi connectivity index (χ0) is 22.2. The van der Waals surface area contributed by atoms with Gasteiger partial charge in [0.25, 0.3) is 0 Å². The van der Waals surface area contributed by atoms with Crippen LogP contribution in [0.3, 0.4) is 0 Å². The van der Waals surface area contributed by atoms with E-state index in [1.54, 1.807) is 23.1 Å². The summed E-state index contributed by atoms with van der Waals surface area (Å²) >= 11 is 0. The maximum atomic E-state index is 12.6. The molecule has 7 nitrogen and oxygen atoms in total. The predicted octanol–water partition coefficient (Wildman–Crippen LogP) is 3.54. The molecule has 0 aliphatic rings. The van der Waals surface area contributed by atoms with Gasteiger partial charge in [-0.1, -0.05) is 60.7 Å². The van der Waals surface area contributed by atoms with Crippen LogP contribution in [0.5, 0.6) is 0 Å². The fraction of sp³-hybridized carbons (Fsp3) is 0.120. The molecule has 0 aliphatic heterocycles. The van der Waals surface area contributed by atoms with Crippen LogP contribution in [-0.2, 0) is 9.59 Å². The average Bonchev–Trinajstić information content (AvgIpc) is 3.38. The lowest BCUT2D eigenvalue weighted by atomic mass is 9.88. The molecule has 4 aromatic rings. The topological polar surface area (TPSA) is 88.9 Å². The van der Waals surface area contributed by atoms with Gasteiger partial charge in [-0.15, -0.1) is 0 Å². The third-order valence-corrected chi connectivity index (χ3v) is 5.07. The predicted molar refractivity (Wildman–Crippen MR) is 122 cm³/mol. The summed E-state index contributed by atoms with van der Waals surface area (Å²) in [6.07, 6.45) is 3.31. The lowest BCUT2D eigenvalue weighted by Crippen LogP contribution is -2.33. The van der Waals surface area contributed by atoms with E-state index in [1.807, 2.05) is 72.8 Å². The van der Waals surface area contributed by atoms with Crippen LogP contribution in [0.25, 0.3) is 5.69 Å². The zero-order valence-corrected chi connectivity index (χ0v) is 17.4. The number of nitrogens with zero attached hydrogens (tertiary/aromatic N) is 3. The Balaban J connectivity index is 1.32. The molecular formula is C25H23N5O2. The highest BCUT2D eigenvalue weighted by Crippen LogP contribution is 2.27. The van der Waals surface area contributed by atoms with Gasteiger partial charge in [-0.05, 0) is 35.4 Å². The molecule has 1 aromatic heterocycles. The molecule has 0 fully saturated rings. The van der Waals surface area contributed by atoms with Crippen LogP contribution in [0, 0.1) is 0 Å². The van der Waals surface area contributed by atoms with Crippen LogP contribution in [0.2, 0.25) is 0 Å². The summed E-state index contributed by atoms with van der Waals surface area (Å²) in [5.74, 6) is -0.549. The van der Waals surface area contributed by atoms with E-state index in [2.05, 4.69) is 20.7 Å².